The first kappa shape index (κ1) is 26.3. The van der Waals surface area contributed by atoms with Crippen LogP contribution in [0.25, 0.3) is 10.9 Å². The van der Waals surface area contributed by atoms with E-state index in [1.54, 1.807) is 0 Å². The van der Waals surface area contributed by atoms with Crippen molar-refractivity contribution in [3.63, 3.8) is 0 Å². The van der Waals surface area contributed by atoms with Crippen molar-refractivity contribution < 1.29 is 9.59 Å². The Morgan fingerprint density at radius 2 is 1.68 bits per heavy atom. The van der Waals surface area contributed by atoms with Crippen molar-refractivity contribution in [2.24, 2.45) is 5.92 Å². The van der Waals surface area contributed by atoms with Gasteiger partial charge in [0.1, 0.15) is 6.04 Å². The van der Waals surface area contributed by atoms with Gasteiger partial charge >= 0.3 is 0 Å². The van der Waals surface area contributed by atoms with E-state index >= 15 is 0 Å². The molecule has 2 aliphatic rings. The summed E-state index contributed by atoms with van der Waals surface area (Å²) in [6.07, 6.45) is 6.60. The van der Waals surface area contributed by atoms with Gasteiger partial charge in [0.05, 0.1) is 0 Å². The number of rotatable bonds is 7. The lowest BCUT2D eigenvalue weighted by atomic mass is 9.78. The molecule has 1 aromatic heterocycles. The third-order valence-electron chi connectivity index (χ3n) is 8.92. The minimum absolute atomic E-state index is 0.0204. The summed E-state index contributed by atoms with van der Waals surface area (Å²) < 4.78 is 0. The van der Waals surface area contributed by atoms with Gasteiger partial charge in [0.2, 0.25) is 11.8 Å². The maximum Gasteiger partial charge on any atom is 0.247 e. The molecule has 6 heteroatoms. The Morgan fingerprint density at radius 3 is 2.50 bits per heavy atom. The van der Waals surface area contributed by atoms with Crippen LogP contribution in [0.3, 0.4) is 0 Å². The number of carbonyl (C=O) groups is 2. The number of aromatic nitrogens is 1. The molecule has 3 aromatic carbocycles. The first-order valence-corrected chi connectivity index (χ1v) is 14.6. The summed E-state index contributed by atoms with van der Waals surface area (Å²) in [4.78, 5) is 30.8. The molecule has 0 unspecified atom stereocenters. The molecule has 0 radical (unpaired) electrons. The summed E-state index contributed by atoms with van der Waals surface area (Å²) in [5, 5.41) is 10.8. The van der Waals surface area contributed by atoms with Crippen LogP contribution in [0.5, 0.6) is 0 Å². The van der Waals surface area contributed by atoms with E-state index in [1.165, 1.54) is 16.7 Å². The van der Waals surface area contributed by atoms with Gasteiger partial charge in [-0.05, 0) is 85.0 Å². The average molecular weight is 535 g/mol. The van der Waals surface area contributed by atoms with Crippen molar-refractivity contribution in [1.29, 1.82) is 0 Å². The lowest BCUT2D eigenvalue weighted by Crippen LogP contribution is -2.49. The zero-order valence-corrected chi connectivity index (χ0v) is 23.1. The molecule has 6 nitrogen and oxygen atoms in total. The van der Waals surface area contributed by atoms with Crippen molar-refractivity contribution in [3.8, 4) is 0 Å². The second-order valence-electron chi connectivity index (χ2n) is 11.4. The van der Waals surface area contributed by atoms with Crippen LogP contribution in [0.4, 0.5) is 5.69 Å². The number of hydrogen-bond acceptors (Lipinski definition) is 3. The quantitative estimate of drug-likeness (QED) is 0.234. The average Bonchev–Trinajstić information content (AvgIpc) is 3.44. The van der Waals surface area contributed by atoms with Gasteiger partial charge < -0.3 is 20.9 Å². The molecule has 1 aliphatic heterocycles. The van der Waals surface area contributed by atoms with Gasteiger partial charge in [0.15, 0.2) is 0 Å². The lowest BCUT2D eigenvalue weighted by molar-refractivity contribution is -0.130. The van der Waals surface area contributed by atoms with Crippen molar-refractivity contribution in [1.82, 2.24) is 15.6 Å². The zero-order chi connectivity index (χ0) is 27.5. The predicted octanol–water partition coefficient (Wildman–Crippen LogP) is 6.01. The van der Waals surface area contributed by atoms with Crippen LogP contribution in [0, 0.1) is 5.92 Å². The monoisotopic (exact) mass is 534 g/mol. The first-order chi connectivity index (χ1) is 19.6. The normalized spacial score (nSPS) is 20.3. The second kappa shape index (κ2) is 11.7. The van der Waals surface area contributed by atoms with E-state index in [9.17, 15) is 9.59 Å². The predicted molar refractivity (Wildman–Crippen MR) is 160 cm³/mol. The number of H-pyrrole nitrogens is 1. The van der Waals surface area contributed by atoms with Crippen molar-refractivity contribution in [2.75, 3.05) is 11.9 Å². The number of para-hydroxylation sites is 1. The molecule has 4 aromatic rings. The number of fused-ring (bicyclic) bond motifs is 2. The molecular formula is C34H38N4O2. The van der Waals surface area contributed by atoms with Crippen LogP contribution < -0.4 is 16.0 Å². The number of nitrogens with one attached hydrogen (secondary N) is 4. The summed E-state index contributed by atoms with van der Waals surface area (Å²) in [7, 11) is 0. The number of benzene rings is 3. The van der Waals surface area contributed by atoms with Gasteiger partial charge in [0, 0.05) is 41.2 Å². The van der Waals surface area contributed by atoms with Crippen LogP contribution in [-0.4, -0.2) is 29.4 Å². The van der Waals surface area contributed by atoms with Crippen molar-refractivity contribution in [2.45, 2.75) is 63.5 Å². The Bertz CT molecular complexity index is 1490. The molecule has 2 amide bonds. The maximum atomic E-state index is 13.9. The number of carbonyl (C=O) groups excluding carboxylic acids is 2. The van der Waals surface area contributed by atoms with E-state index in [0.29, 0.717) is 5.92 Å². The van der Waals surface area contributed by atoms with Gasteiger partial charge in [-0.15, -0.1) is 0 Å². The highest BCUT2D eigenvalue weighted by Crippen LogP contribution is 2.36. The second-order valence-corrected chi connectivity index (χ2v) is 11.4. The molecular weight excluding hydrogens is 496 g/mol. The summed E-state index contributed by atoms with van der Waals surface area (Å²) in [5.41, 5.74) is 6.70. The van der Waals surface area contributed by atoms with Gasteiger partial charge in [-0.2, -0.15) is 0 Å². The van der Waals surface area contributed by atoms with Crippen LogP contribution in [-0.2, 0) is 22.6 Å². The fourth-order valence-corrected chi connectivity index (χ4v) is 6.53. The van der Waals surface area contributed by atoms with E-state index in [4.69, 9.17) is 0 Å². The summed E-state index contributed by atoms with van der Waals surface area (Å²) in [6.45, 7) is 3.81. The number of hydrogen-bond donors (Lipinski definition) is 4. The van der Waals surface area contributed by atoms with E-state index in [0.717, 1.165) is 67.3 Å². The molecule has 0 saturated heterocycles. The smallest absolute Gasteiger partial charge is 0.247 e. The highest BCUT2D eigenvalue weighted by molar-refractivity contribution is 5.99. The molecule has 40 heavy (non-hydrogen) atoms. The SMILES string of the molecule is C[C@@H](c1c[nH]c2ccccc12)[C@@H](NC(=O)C1CCC(c2ccccc2)CC1)C(=O)Nc1ccc2c(c1)CNCC2. The fourth-order valence-electron chi connectivity index (χ4n) is 6.53. The fraction of sp³-hybridized carbons (Fsp3) is 0.353. The summed E-state index contributed by atoms with van der Waals surface area (Å²) >= 11 is 0. The van der Waals surface area contributed by atoms with Crippen LogP contribution >= 0.6 is 0 Å². The molecule has 206 valence electrons. The molecule has 1 saturated carbocycles. The maximum absolute atomic E-state index is 13.9. The molecule has 0 bridgehead atoms. The topological polar surface area (TPSA) is 86.0 Å². The van der Waals surface area contributed by atoms with E-state index in [1.807, 2.05) is 43.5 Å². The lowest BCUT2D eigenvalue weighted by Gasteiger charge is -2.31. The Hall–Kier alpha value is -3.90. The molecule has 0 spiro atoms. The molecule has 2 heterocycles. The van der Waals surface area contributed by atoms with Gasteiger partial charge in [0.25, 0.3) is 0 Å². The summed E-state index contributed by atoms with van der Waals surface area (Å²) in [6, 6.07) is 24.1. The standard InChI is InChI=1S/C34H38N4O2/c1-22(30-21-36-31-10-6-5-9-29(30)31)32(34(40)37-28-16-15-25-17-18-35-20-27(25)19-28)38-33(39)26-13-11-24(12-14-26)23-7-3-2-4-8-23/h2-10,15-16,19,21-22,24,26,32,35-36H,11-14,17-18,20H2,1H3,(H,37,40)(H,38,39)/t22-,24?,26?,32+/m0/s1. The zero-order valence-electron chi connectivity index (χ0n) is 23.1. The van der Waals surface area contributed by atoms with Crippen molar-refractivity contribution in [3.05, 3.63) is 101 Å². The molecule has 2 atom stereocenters. The highest BCUT2D eigenvalue weighted by atomic mass is 16.2. The third-order valence-corrected chi connectivity index (χ3v) is 8.92. The minimum atomic E-state index is -0.701. The number of amides is 2. The third kappa shape index (κ3) is 5.54. The largest absolute Gasteiger partial charge is 0.361 e. The Balaban J connectivity index is 1.20. The number of anilines is 1. The molecule has 4 N–H and O–H groups in total. The van der Waals surface area contributed by atoms with Gasteiger partial charge in [-0.25, -0.2) is 0 Å². The minimum Gasteiger partial charge on any atom is -0.361 e. The Kier molecular flexibility index (Phi) is 7.69. The molecule has 1 fully saturated rings. The Morgan fingerprint density at radius 1 is 0.900 bits per heavy atom. The molecule has 6 rings (SSSR count). The number of aromatic amines is 1. The Labute approximate surface area is 236 Å². The van der Waals surface area contributed by atoms with E-state index in [-0.39, 0.29) is 23.7 Å². The van der Waals surface area contributed by atoms with Crippen LogP contribution in [0.15, 0.2) is 79.0 Å². The highest BCUT2D eigenvalue weighted by Gasteiger charge is 2.34. The van der Waals surface area contributed by atoms with Crippen molar-refractivity contribution >= 4 is 28.4 Å². The molecule has 1 aliphatic carbocycles. The van der Waals surface area contributed by atoms with E-state index < -0.39 is 6.04 Å². The first-order valence-electron chi connectivity index (χ1n) is 14.6. The van der Waals surface area contributed by atoms with E-state index in [2.05, 4.69) is 63.4 Å². The van der Waals surface area contributed by atoms with Crippen LogP contribution in [0.2, 0.25) is 0 Å². The summed E-state index contributed by atoms with van der Waals surface area (Å²) in [5.74, 6) is -0.0193. The van der Waals surface area contributed by atoms with Crippen LogP contribution in [0.1, 0.15) is 66.7 Å². The van der Waals surface area contributed by atoms with Gasteiger partial charge in [-0.3, -0.25) is 9.59 Å². The van der Waals surface area contributed by atoms with Gasteiger partial charge in [-0.1, -0.05) is 61.5 Å².